The van der Waals surface area contributed by atoms with Crippen LogP contribution in [0.5, 0.6) is 0 Å². The molecule has 0 saturated heterocycles. The number of carboxylic acid groups (broad SMARTS) is 1. The quantitative estimate of drug-likeness (QED) is 0.460. The Kier molecular flexibility index (Phi) is 4.72. The van der Waals surface area contributed by atoms with Crippen molar-refractivity contribution in [2.24, 2.45) is 0 Å². The molecule has 0 saturated carbocycles. The molecular formula is C17H12INO3S. The van der Waals surface area contributed by atoms with Crippen LogP contribution in [0, 0.1) is 3.57 Å². The van der Waals surface area contributed by atoms with Gasteiger partial charge in [-0.15, -0.1) is 0 Å². The smallest absolute Gasteiger partial charge is 0.325 e. The summed E-state index contributed by atoms with van der Waals surface area (Å²) in [5.74, 6) is -0.484. The monoisotopic (exact) mass is 437 g/mol. The Morgan fingerprint density at radius 1 is 1.04 bits per heavy atom. The zero-order valence-electron chi connectivity index (χ0n) is 11.8. The Hall–Kier alpha value is -1.80. The minimum atomic E-state index is -1.09. The first-order valence-corrected chi connectivity index (χ1v) is 8.37. The maximum Gasteiger partial charge on any atom is 0.325 e. The number of hydrogen-bond acceptors (Lipinski definition) is 4. The normalized spacial score (nSPS) is 12.1. The first-order valence-electron chi connectivity index (χ1n) is 6.77. The molecule has 0 aliphatic rings. The standard InChI is InChI=1S/C17H12INO3S/c18-13-7-5-11(6-8-13)10-1-3-12(4-2-10)14-9-19-16(22-14)15(23)17(20)21/h1-9,15,23H,(H,20,21). The molecule has 0 aliphatic carbocycles. The summed E-state index contributed by atoms with van der Waals surface area (Å²) in [7, 11) is 0. The summed E-state index contributed by atoms with van der Waals surface area (Å²) in [4.78, 5) is 14.9. The van der Waals surface area contributed by atoms with Gasteiger partial charge in [-0.1, -0.05) is 36.4 Å². The van der Waals surface area contributed by atoms with Crippen LogP contribution in [-0.4, -0.2) is 16.1 Å². The van der Waals surface area contributed by atoms with Crippen LogP contribution < -0.4 is 0 Å². The highest BCUT2D eigenvalue weighted by molar-refractivity contribution is 14.1. The molecule has 3 rings (SSSR count). The maximum absolute atomic E-state index is 10.9. The molecular weight excluding hydrogens is 425 g/mol. The van der Waals surface area contributed by atoms with Gasteiger partial charge >= 0.3 is 5.97 Å². The third-order valence-electron chi connectivity index (χ3n) is 3.34. The minimum Gasteiger partial charge on any atom is -0.480 e. The van der Waals surface area contributed by atoms with E-state index in [2.05, 4.69) is 64.5 Å². The third kappa shape index (κ3) is 3.59. The zero-order chi connectivity index (χ0) is 16.4. The van der Waals surface area contributed by atoms with Gasteiger partial charge in [-0.2, -0.15) is 12.6 Å². The summed E-state index contributed by atoms with van der Waals surface area (Å²) in [6, 6.07) is 16.1. The van der Waals surface area contributed by atoms with Gasteiger partial charge in [0.25, 0.3) is 0 Å². The second-order valence-electron chi connectivity index (χ2n) is 4.89. The second kappa shape index (κ2) is 6.76. The SMILES string of the molecule is O=C(O)C(S)c1ncc(-c2ccc(-c3ccc(I)cc3)cc2)o1. The molecule has 0 fully saturated rings. The van der Waals surface area contributed by atoms with E-state index in [1.807, 2.05) is 24.3 Å². The van der Waals surface area contributed by atoms with Gasteiger partial charge in [0.1, 0.15) is 0 Å². The Morgan fingerprint density at radius 2 is 1.57 bits per heavy atom. The summed E-state index contributed by atoms with van der Waals surface area (Å²) in [5, 5.41) is 7.86. The number of rotatable bonds is 4. The lowest BCUT2D eigenvalue weighted by molar-refractivity contribution is -0.136. The van der Waals surface area contributed by atoms with E-state index >= 15 is 0 Å². The maximum atomic E-state index is 10.9. The Labute approximate surface area is 152 Å². The average molecular weight is 437 g/mol. The van der Waals surface area contributed by atoms with Crippen LogP contribution in [0.25, 0.3) is 22.5 Å². The highest BCUT2D eigenvalue weighted by Crippen LogP contribution is 2.28. The van der Waals surface area contributed by atoms with E-state index in [1.54, 1.807) is 0 Å². The van der Waals surface area contributed by atoms with Crippen molar-refractivity contribution in [1.82, 2.24) is 4.98 Å². The van der Waals surface area contributed by atoms with Crippen LogP contribution in [-0.2, 0) is 4.79 Å². The van der Waals surface area contributed by atoms with E-state index < -0.39 is 11.2 Å². The van der Waals surface area contributed by atoms with E-state index in [0.29, 0.717) is 5.76 Å². The van der Waals surface area contributed by atoms with Crippen molar-refractivity contribution >= 4 is 41.2 Å². The Morgan fingerprint density at radius 3 is 2.13 bits per heavy atom. The fraction of sp³-hybridized carbons (Fsp3) is 0.0588. The second-order valence-corrected chi connectivity index (χ2v) is 6.65. The van der Waals surface area contributed by atoms with E-state index in [1.165, 1.54) is 9.77 Å². The van der Waals surface area contributed by atoms with Crippen LogP contribution in [0.15, 0.2) is 59.1 Å². The molecule has 0 aliphatic heterocycles. The summed E-state index contributed by atoms with van der Waals surface area (Å²) in [6.45, 7) is 0. The van der Waals surface area contributed by atoms with Gasteiger partial charge in [-0.3, -0.25) is 4.79 Å². The molecule has 0 radical (unpaired) electrons. The van der Waals surface area contributed by atoms with Crippen molar-refractivity contribution in [3.05, 3.63) is 64.2 Å². The predicted octanol–water partition coefficient (Wildman–Crippen LogP) is 4.67. The molecule has 2 aromatic carbocycles. The van der Waals surface area contributed by atoms with E-state index in [0.717, 1.165) is 16.7 Å². The molecule has 1 atom stereocenters. The fourth-order valence-electron chi connectivity index (χ4n) is 2.12. The number of halogens is 1. The molecule has 1 N–H and O–H groups in total. The first kappa shape index (κ1) is 16.1. The lowest BCUT2D eigenvalue weighted by atomic mass is 10.0. The van der Waals surface area contributed by atoms with Crippen molar-refractivity contribution in [2.75, 3.05) is 0 Å². The van der Waals surface area contributed by atoms with E-state index in [4.69, 9.17) is 9.52 Å². The van der Waals surface area contributed by atoms with Gasteiger partial charge in [0.05, 0.1) is 6.20 Å². The lowest BCUT2D eigenvalue weighted by Crippen LogP contribution is -2.04. The number of carboxylic acids is 1. The average Bonchev–Trinajstić information content (AvgIpc) is 3.05. The molecule has 0 bridgehead atoms. The van der Waals surface area contributed by atoms with Gasteiger partial charge in [-0.25, -0.2) is 4.98 Å². The van der Waals surface area contributed by atoms with Crippen molar-refractivity contribution in [2.45, 2.75) is 5.25 Å². The fourth-order valence-corrected chi connectivity index (χ4v) is 2.60. The predicted molar refractivity (Wildman–Crippen MR) is 99.5 cm³/mol. The zero-order valence-corrected chi connectivity index (χ0v) is 14.9. The number of aliphatic carboxylic acids is 1. The first-order chi connectivity index (χ1) is 11.0. The van der Waals surface area contributed by atoms with Gasteiger partial charge in [0, 0.05) is 9.13 Å². The molecule has 6 heteroatoms. The largest absolute Gasteiger partial charge is 0.480 e. The highest BCUT2D eigenvalue weighted by atomic mass is 127. The number of nitrogens with zero attached hydrogens (tertiary/aromatic N) is 1. The molecule has 4 nitrogen and oxygen atoms in total. The molecule has 1 heterocycles. The number of oxazole rings is 1. The van der Waals surface area contributed by atoms with Gasteiger partial charge in [-0.05, 0) is 45.9 Å². The van der Waals surface area contributed by atoms with Crippen molar-refractivity contribution in [3.63, 3.8) is 0 Å². The molecule has 0 amide bonds. The number of thiol groups is 1. The van der Waals surface area contributed by atoms with Crippen LogP contribution >= 0.6 is 35.2 Å². The van der Waals surface area contributed by atoms with E-state index in [-0.39, 0.29) is 5.89 Å². The molecule has 23 heavy (non-hydrogen) atoms. The number of hydrogen-bond donors (Lipinski definition) is 2. The Balaban J connectivity index is 1.85. The van der Waals surface area contributed by atoms with Gasteiger partial charge in [0.15, 0.2) is 11.0 Å². The lowest BCUT2D eigenvalue weighted by Gasteiger charge is -2.03. The van der Waals surface area contributed by atoms with Crippen LogP contribution in [0.2, 0.25) is 0 Å². The van der Waals surface area contributed by atoms with Crippen molar-refractivity contribution < 1.29 is 14.3 Å². The number of benzene rings is 2. The number of carbonyl (C=O) groups is 1. The molecule has 116 valence electrons. The van der Waals surface area contributed by atoms with Crippen molar-refractivity contribution in [3.8, 4) is 22.5 Å². The number of aromatic nitrogens is 1. The summed E-state index contributed by atoms with van der Waals surface area (Å²) in [5.41, 5.74) is 3.07. The van der Waals surface area contributed by atoms with Gasteiger partial charge in [0.2, 0.25) is 5.89 Å². The molecule has 1 unspecified atom stereocenters. The summed E-state index contributed by atoms with van der Waals surface area (Å²) >= 11 is 6.23. The van der Waals surface area contributed by atoms with Crippen LogP contribution in [0.4, 0.5) is 0 Å². The van der Waals surface area contributed by atoms with Crippen LogP contribution in [0.3, 0.4) is 0 Å². The van der Waals surface area contributed by atoms with Crippen molar-refractivity contribution in [1.29, 1.82) is 0 Å². The highest BCUT2D eigenvalue weighted by Gasteiger charge is 2.21. The van der Waals surface area contributed by atoms with Gasteiger partial charge < -0.3 is 9.52 Å². The minimum absolute atomic E-state index is 0.0811. The molecule has 3 aromatic rings. The summed E-state index contributed by atoms with van der Waals surface area (Å²) < 4.78 is 6.68. The Bertz CT molecular complexity index is 828. The molecule has 0 spiro atoms. The summed E-state index contributed by atoms with van der Waals surface area (Å²) in [6.07, 6.45) is 1.52. The third-order valence-corrected chi connectivity index (χ3v) is 4.50. The van der Waals surface area contributed by atoms with Crippen LogP contribution in [0.1, 0.15) is 11.1 Å². The van der Waals surface area contributed by atoms with E-state index in [9.17, 15) is 4.79 Å². The molecule has 1 aromatic heterocycles. The topological polar surface area (TPSA) is 63.3 Å².